The second-order valence-corrected chi connectivity index (χ2v) is 5.44. The van der Waals surface area contributed by atoms with Crippen molar-refractivity contribution in [3.63, 3.8) is 0 Å². The van der Waals surface area contributed by atoms with Crippen LogP contribution >= 0.6 is 0 Å². The zero-order chi connectivity index (χ0) is 15.2. The maximum absolute atomic E-state index is 12.5. The van der Waals surface area contributed by atoms with E-state index in [9.17, 15) is 9.59 Å². The number of hydrogen-bond donors (Lipinski definition) is 2. The first kappa shape index (κ1) is 15.4. The Labute approximate surface area is 125 Å². The molecule has 0 heterocycles. The fourth-order valence-electron chi connectivity index (χ4n) is 2.83. The van der Waals surface area contributed by atoms with E-state index in [1.807, 2.05) is 12.1 Å². The molecule has 1 unspecified atom stereocenters. The first-order valence-corrected chi connectivity index (χ1v) is 7.32. The summed E-state index contributed by atoms with van der Waals surface area (Å²) in [6, 6.07) is 6.74. The van der Waals surface area contributed by atoms with Crippen molar-refractivity contribution < 1.29 is 14.3 Å². The molecule has 21 heavy (non-hydrogen) atoms. The van der Waals surface area contributed by atoms with E-state index >= 15 is 0 Å². The van der Waals surface area contributed by atoms with Gasteiger partial charge in [-0.3, -0.25) is 9.59 Å². The minimum absolute atomic E-state index is 0.162. The third kappa shape index (κ3) is 4.21. The van der Waals surface area contributed by atoms with Crippen LogP contribution in [-0.2, 0) is 9.59 Å². The fourth-order valence-corrected chi connectivity index (χ4v) is 2.83. The van der Waals surface area contributed by atoms with Crippen molar-refractivity contribution in [1.82, 2.24) is 5.32 Å². The van der Waals surface area contributed by atoms with Gasteiger partial charge in [0.1, 0.15) is 11.8 Å². The minimum Gasteiger partial charge on any atom is -0.497 e. The van der Waals surface area contributed by atoms with E-state index < -0.39 is 6.04 Å². The topological polar surface area (TPSA) is 67.4 Å². The van der Waals surface area contributed by atoms with Gasteiger partial charge in [-0.2, -0.15) is 0 Å². The molecule has 0 bridgehead atoms. The summed E-state index contributed by atoms with van der Waals surface area (Å²) in [5.74, 6) is 0.572. The second kappa shape index (κ2) is 7.11. The Bertz CT molecular complexity index is 510. The summed E-state index contributed by atoms with van der Waals surface area (Å²) in [6.45, 7) is 1.45. The van der Waals surface area contributed by atoms with E-state index in [-0.39, 0.29) is 17.7 Å². The highest BCUT2D eigenvalue weighted by molar-refractivity contribution is 5.97. The zero-order valence-corrected chi connectivity index (χ0v) is 12.5. The lowest BCUT2D eigenvalue weighted by atomic mass is 9.97. The summed E-state index contributed by atoms with van der Waals surface area (Å²) in [5, 5.41) is 5.65. The van der Waals surface area contributed by atoms with E-state index in [4.69, 9.17) is 4.74 Å². The van der Waals surface area contributed by atoms with E-state index in [2.05, 4.69) is 10.6 Å². The number of rotatable bonds is 5. The predicted octanol–water partition coefficient (Wildman–Crippen LogP) is 2.33. The minimum atomic E-state index is -0.462. The number of hydrogen-bond acceptors (Lipinski definition) is 3. The maximum Gasteiger partial charge on any atom is 0.247 e. The van der Waals surface area contributed by atoms with Gasteiger partial charge in [-0.05, 0) is 30.9 Å². The number of carbonyl (C=O) groups is 2. The van der Waals surface area contributed by atoms with Gasteiger partial charge in [-0.15, -0.1) is 0 Å². The van der Waals surface area contributed by atoms with Crippen molar-refractivity contribution in [2.45, 2.75) is 38.6 Å². The molecule has 114 valence electrons. The van der Waals surface area contributed by atoms with Gasteiger partial charge in [0.15, 0.2) is 0 Å². The molecule has 1 aromatic rings. The Morgan fingerprint density at radius 1 is 1.29 bits per heavy atom. The van der Waals surface area contributed by atoms with Crippen LogP contribution in [0.2, 0.25) is 0 Å². The first-order valence-electron chi connectivity index (χ1n) is 7.32. The van der Waals surface area contributed by atoms with Crippen LogP contribution in [0, 0.1) is 5.92 Å². The van der Waals surface area contributed by atoms with Crippen LogP contribution in [0.5, 0.6) is 5.75 Å². The molecule has 0 saturated heterocycles. The molecular weight excluding hydrogens is 268 g/mol. The SMILES string of the molecule is COc1cccc(NC(=O)C(NC(C)=O)C2CCCC2)c1. The molecule has 1 fully saturated rings. The van der Waals surface area contributed by atoms with Crippen molar-refractivity contribution in [3.8, 4) is 5.75 Å². The molecule has 1 atom stereocenters. The molecule has 1 aromatic carbocycles. The number of anilines is 1. The largest absolute Gasteiger partial charge is 0.497 e. The van der Waals surface area contributed by atoms with E-state index in [1.165, 1.54) is 6.92 Å². The first-order chi connectivity index (χ1) is 10.1. The highest BCUT2D eigenvalue weighted by atomic mass is 16.5. The highest BCUT2D eigenvalue weighted by Gasteiger charge is 2.31. The van der Waals surface area contributed by atoms with Gasteiger partial charge >= 0.3 is 0 Å². The molecular formula is C16H22N2O3. The van der Waals surface area contributed by atoms with Gasteiger partial charge < -0.3 is 15.4 Å². The Morgan fingerprint density at radius 3 is 2.62 bits per heavy atom. The summed E-state index contributed by atoms with van der Waals surface area (Å²) >= 11 is 0. The number of carbonyl (C=O) groups excluding carboxylic acids is 2. The van der Waals surface area contributed by atoms with Crippen LogP contribution in [0.3, 0.4) is 0 Å². The normalized spacial score (nSPS) is 16.3. The predicted molar refractivity (Wildman–Crippen MR) is 81.2 cm³/mol. The molecule has 2 amide bonds. The van der Waals surface area contributed by atoms with Gasteiger partial charge in [0.25, 0.3) is 0 Å². The summed E-state index contributed by atoms with van der Waals surface area (Å²) in [4.78, 5) is 23.8. The quantitative estimate of drug-likeness (QED) is 0.874. The van der Waals surface area contributed by atoms with Gasteiger partial charge in [-0.25, -0.2) is 0 Å². The summed E-state index contributed by atoms with van der Waals surface area (Å²) < 4.78 is 5.14. The average molecular weight is 290 g/mol. The van der Waals surface area contributed by atoms with E-state index in [0.717, 1.165) is 25.7 Å². The maximum atomic E-state index is 12.5. The number of benzene rings is 1. The zero-order valence-electron chi connectivity index (χ0n) is 12.5. The Kier molecular flexibility index (Phi) is 5.20. The standard InChI is InChI=1S/C16H22N2O3/c1-11(19)17-15(12-6-3-4-7-12)16(20)18-13-8-5-9-14(10-13)21-2/h5,8-10,12,15H,3-4,6-7H2,1-2H3,(H,17,19)(H,18,20). The van der Waals surface area contributed by atoms with Gasteiger partial charge in [0, 0.05) is 18.7 Å². The third-order valence-electron chi connectivity index (χ3n) is 3.85. The Balaban J connectivity index is 2.07. The smallest absolute Gasteiger partial charge is 0.247 e. The van der Waals surface area contributed by atoms with E-state index in [0.29, 0.717) is 11.4 Å². The van der Waals surface area contributed by atoms with Crippen molar-refractivity contribution >= 4 is 17.5 Å². The van der Waals surface area contributed by atoms with Crippen LogP contribution in [0.15, 0.2) is 24.3 Å². The molecule has 0 spiro atoms. The third-order valence-corrected chi connectivity index (χ3v) is 3.85. The Hall–Kier alpha value is -2.04. The van der Waals surface area contributed by atoms with Crippen molar-refractivity contribution in [1.29, 1.82) is 0 Å². The number of methoxy groups -OCH3 is 1. The van der Waals surface area contributed by atoms with E-state index in [1.54, 1.807) is 19.2 Å². The molecule has 0 radical (unpaired) electrons. The number of amides is 2. The van der Waals surface area contributed by atoms with Gasteiger partial charge in [-0.1, -0.05) is 18.9 Å². The second-order valence-electron chi connectivity index (χ2n) is 5.44. The highest BCUT2D eigenvalue weighted by Crippen LogP contribution is 2.28. The lowest BCUT2D eigenvalue weighted by molar-refractivity contribution is -0.126. The summed E-state index contributed by atoms with van der Waals surface area (Å²) in [6.07, 6.45) is 4.20. The van der Waals surface area contributed by atoms with Gasteiger partial charge in [0.2, 0.25) is 11.8 Å². The molecule has 2 rings (SSSR count). The van der Waals surface area contributed by atoms with Crippen molar-refractivity contribution in [3.05, 3.63) is 24.3 Å². The van der Waals surface area contributed by atoms with Crippen molar-refractivity contribution in [2.75, 3.05) is 12.4 Å². The number of ether oxygens (including phenoxy) is 1. The summed E-state index contributed by atoms with van der Waals surface area (Å²) in [5.41, 5.74) is 0.674. The van der Waals surface area contributed by atoms with Crippen LogP contribution < -0.4 is 15.4 Å². The Morgan fingerprint density at radius 2 is 2.00 bits per heavy atom. The monoisotopic (exact) mass is 290 g/mol. The lowest BCUT2D eigenvalue weighted by Crippen LogP contribution is -2.47. The molecule has 0 aromatic heterocycles. The van der Waals surface area contributed by atoms with Crippen LogP contribution in [0.1, 0.15) is 32.6 Å². The lowest BCUT2D eigenvalue weighted by Gasteiger charge is -2.23. The molecule has 2 N–H and O–H groups in total. The molecule has 5 heteroatoms. The van der Waals surface area contributed by atoms with Crippen LogP contribution in [0.25, 0.3) is 0 Å². The van der Waals surface area contributed by atoms with Crippen LogP contribution in [-0.4, -0.2) is 25.0 Å². The molecule has 1 aliphatic rings. The molecule has 1 saturated carbocycles. The molecule has 5 nitrogen and oxygen atoms in total. The molecule has 0 aliphatic heterocycles. The number of nitrogens with one attached hydrogen (secondary N) is 2. The van der Waals surface area contributed by atoms with Gasteiger partial charge in [0.05, 0.1) is 7.11 Å². The molecule has 1 aliphatic carbocycles. The van der Waals surface area contributed by atoms with Crippen molar-refractivity contribution in [2.24, 2.45) is 5.92 Å². The fraction of sp³-hybridized carbons (Fsp3) is 0.500. The average Bonchev–Trinajstić information content (AvgIpc) is 2.98. The van der Waals surface area contributed by atoms with Crippen LogP contribution in [0.4, 0.5) is 5.69 Å². The summed E-state index contributed by atoms with van der Waals surface area (Å²) in [7, 11) is 1.58.